The quantitative estimate of drug-likeness (QED) is 0.430. The van der Waals surface area contributed by atoms with E-state index < -0.39 is 0 Å². The highest BCUT2D eigenvalue weighted by Gasteiger charge is 2.04. The fraction of sp³-hybridized carbons (Fsp3) is 0.300. The molecule has 0 saturated heterocycles. The van der Waals surface area contributed by atoms with Gasteiger partial charge in [-0.1, -0.05) is 0 Å². The summed E-state index contributed by atoms with van der Waals surface area (Å²) >= 11 is 0. The van der Waals surface area contributed by atoms with Crippen molar-refractivity contribution < 1.29 is 14.6 Å². The van der Waals surface area contributed by atoms with E-state index in [-0.39, 0.29) is 18.1 Å². The van der Waals surface area contributed by atoms with Crippen LogP contribution in [0, 0.1) is 0 Å². The van der Waals surface area contributed by atoms with E-state index in [1.165, 1.54) is 13.2 Å². The van der Waals surface area contributed by atoms with E-state index in [0.717, 1.165) is 5.56 Å². The first kappa shape index (κ1) is 10.4. The molecule has 0 radical (unpaired) electrons. The van der Waals surface area contributed by atoms with E-state index in [9.17, 15) is 9.90 Å². The Bertz CT molecular complexity index is 336. The van der Waals surface area contributed by atoms with Crippen LogP contribution in [0.1, 0.15) is 12.0 Å². The number of benzene rings is 1. The number of hydrogen-bond acceptors (Lipinski definition) is 4. The van der Waals surface area contributed by atoms with Gasteiger partial charge < -0.3 is 15.6 Å². The third-order valence-electron chi connectivity index (χ3n) is 1.95. The second-order valence-corrected chi connectivity index (χ2v) is 2.96. The zero-order chi connectivity index (χ0) is 10.6. The van der Waals surface area contributed by atoms with Gasteiger partial charge in [0, 0.05) is 12.1 Å². The molecule has 1 aromatic rings. The maximum atomic E-state index is 10.9. The highest BCUT2D eigenvalue weighted by atomic mass is 16.5. The fourth-order valence-electron chi connectivity index (χ4n) is 1.15. The minimum Gasteiger partial charge on any atom is -0.508 e. The monoisotopic (exact) mass is 195 g/mol. The summed E-state index contributed by atoms with van der Waals surface area (Å²) in [5, 5.41) is 9.19. The van der Waals surface area contributed by atoms with Crippen molar-refractivity contribution >= 4 is 11.7 Å². The number of phenols is 1. The van der Waals surface area contributed by atoms with Crippen molar-refractivity contribution in [3.63, 3.8) is 0 Å². The number of phenolic OH excluding ortho intramolecular Hbond substituents is 1. The second kappa shape index (κ2) is 4.50. The molecule has 0 heterocycles. The maximum Gasteiger partial charge on any atom is 0.305 e. The van der Waals surface area contributed by atoms with Crippen LogP contribution in [0.4, 0.5) is 5.69 Å². The Morgan fingerprint density at radius 2 is 2.29 bits per heavy atom. The van der Waals surface area contributed by atoms with Crippen LogP contribution in [0.15, 0.2) is 18.2 Å². The van der Waals surface area contributed by atoms with E-state index >= 15 is 0 Å². The highest BCUT2D eigenvalue weighted by Crippen LogP contribution is 2.19. The van der Waals surface area contributed by atoms with Gasteiger partial charge in [-0.2, -0.15) is 0 Å². The Kier molecular flexibility index (Phi) is 3.34. The van der Waals surface area contributed by atoms with Gasteiger partial charge in [-0.15, -0.1) is 0 Å². The third-order valence-corrected chi connectivity index (χ3v) is 1.95. The average Bonchev–Trinajstić information content (AvgIpc) is 2.19. The molecule has 76 valence electrons. The molecule has 0 aliphatic heterocycles. The van der Waals surface area contributed by atoms with Crippen LogP contribution in [0.2, 0.25) is 0 Å². The molecular formula is C10H13NO3. The molecule has 0 fully saturated rings. The molecule has 0 bridgehead atoms. The van der Waals surface area contributed by atoms with Gasteiger partial charge in [0.05, 0.1) is 7.11 Å². The van der Waals surface area contributed by atoms with Crippen LogP contribution in [0.3, 0.4) is 0 Å². The summed E-state index contributed by atoms with van der Waals surface area (Å²) in [6.07, 6.45) is 0.747. The van der Waals surface area contributed by atoms with E-state index in [1.54, 1.807) is 12.1 Å². The number of esters is 1. The normalized spacial score (nSPS) is 9.79. The highest BCUT2D eigenvalue weighted by molar-refractivity contribution is 5.70. The summed E-state index contributed by atoms with van der Waals surface area (Å²) in [5.74, 6) is -0.133. The number of nitrogens with two attached hydrogens (primary N) is 1. The minimum atomic E-state index is -0.284. The van der Waals surface area contributed by atoms with Crippen molar-refractivity contribution in [1.82, 2.24) is 0 Å². The number of aromatic hydroxyl groups is 1. The van der Waals surface area contributed by atoms with E-state index in [2.05, 4.69) is 4.74 Å². The first-order valence-corrected chi connectivity index (χ1v) is 4.27. The molecular weight excluding hydrogens is 182 g/mol. The lowest BCUT2D eigenvalue weighted by atomic mass is 10.1. The van der Waals surface area contributed by atoms with Crippen molar-refractivity contribution in [2.24, 2.45) is 0 Å². The molecule has 0 saturated carbocycles. The third kappa shape index (κ3) is 2.65. The molecule has 0 aliphatic rings. The minimum absolute atomic E-state index is 0.152. The van der Waals surface area contributed by atoms with Gasteiger partial charge in [0.25, 0.3) is 0 Å². The Morgan fingerprint density at radius 1 is 1.57 bits per heavy atom. The summed E-state index contributed by atoms with van der Waals surface area (Å²) in [6, 6.07) is 4.68. The number of ether oxygens (including phenoxy) is 1. The molecule has 1 rings (SSSR count). The van der Waals surface area contributed by atoms with Gasteiger partial charge in [-0.25, -0.2) is 0 Å². The zero-order valence-electron chi connectivity index (χ0n) is 7.99. The Morgan fingerprint density at radius 3 is 2.93 bits per heavy atom. The van der Waals surface area contributed by atoms with Gasteiger partial charge in [0.15, 0.2) is 0 Å². The topological polar surface area (TPSA) is 72.5 Å². The number of anilines is 1. The number of aryl methyl sites for hydroxylation is 1. The van der Waals surface area contributed by atoms with Crippen LogP contribution in [0.25, 0.3) is 0 Å². The molecule has 0 atom stereocenters. The number of hydrogen-bond donors (Lipinski definition) is 2. The van der Waals surface area contributed by atoms with Crippen molar-refractivity contribution in [3.8, 4) is 5.75 Å². The summed E-state index contributed by atoms with van der Waals surface area (Å²) < 4.78 is 4.50. The molecule has 0 aromatic heterocycles. The maximum absolute atomic E-state index is 10.9. The average molecular weight is 195 g/mol. The van der Waals surface area contributed by atoms with Crippen LogP contribution in [-0.2, 0) is 16.0 Å². The van der Waals surface area contributed by atoms with Gasteiger partial charge in [0.1, 0.15) is 5.75 Å². The Labute approximate surface area is 82.3 Å². The lowest BCUT2D eigenvalue weighted by Gasteiger charge is -2.05. The first-order chi connectivity index (χ1) is 6.63. The first-order valence-electron chi connectivity index (χ1n) is 4.27. The number of carbonyl (C=O) groups is 1. The van der Waals surface area contributed by atoms with E-state index in [4.69, 9.17) is 5.73 Å². The smallest absolute Gasteiger partial charge is 0.305 e. The standard InChI is InChI=1S/C10H13NO3/c1-14-10(13)5-2-7-6-8(12)3-4-9(7)11/h3-4,6,12H,2,5,11H2,1H3. The lowest BCUT2D eigenvalue weighted by Crippen LogP contribution is -2.03. The number of methoxy groups -OCH3 is 1. The van der Waals surface area contributed by atoms with Gasteiger partial charge in [-0.3, -0.25) is 4.79 Å². The summed E-state index contributed by atoms with van der Waals surface area (Å²) in [4.78, 5) is 10.9. The van der Waals surface area contributed by atoms with Crippen LogP contribution in [-0.4, -0.2) is 18.2 Å². The number of nitrogen functional groups attached to an aromatic ring is 1. The molecule has 0 aliphatic carbocycles. The molecule has 3 N–H and O–H groups in total. The largest absolute Gasteiger partial charge is 0.508 e. The van der Waals surface area contributed by atoms with Gasteiger partial charge in [0.2, 0.25) is 0 Å². The second-order valence-electron chi connectivity index (χ2n) is 2.96. The van der Waals surface area contributed by atoms with Crippen LogP contribution >= 0.6 is 0 Å². The zero-order valence-corrected chi connectivity index (χ0v) is 7.99. The van der Waals surface area contributed by atoms with Crippen molar-refractivity contribution in [2.75, 3.05) is 12.8 Å². The number of rotatable bonds is 3. The molecule has 14 heavy (non-hydrogen) atoms. The molecule has 4 nitrogen and oxygen atoms in total. The van der Waals surface area contributed by atoms with Crippen molar-refractivity contribution in [1.29, 1.82) is 0 Å². The van der Waals surface area contributed by atoms with Crippen LogP contribution < -0.4 is 5.73 Å². The predicted octanol–water partition coefficient (Wildman–Crippen LogP) is 1.08. The lowest BCUT2D eigenvalue weighted by molar-refractivity contribution is -0.140. The summed E-state index contributed by atoms with van der Waals surface area (Å²) in [6.45, 7) is 0. The van der Waals surface area contributed by atoms with Crippen molar-refractivity contribution in [2.45, 2.75) is 12.8 Å². The molecule has 0 spiro atoms. The van der Waals surface area contributed by atoms with Crippen molar-refractivity contribution in [3.05, 3.63) is 23.8 Å². The Balaban J connectivity index is 2.66. The summed E-state index contributed by atoms with van der Waals surface area (Å²) in [7, 11) is 1.34. The Hall–Kier alpha value is -1.71. The van der Waals surface area contributed by atoms with Gasteiger partial charge >= 0.3 is 5.97 Å². The SMILES string of the molecule is COC(=O)CCc1cc(O)ccc1N. The van der Waals surface area contributed by atoms with Gasteiger partial charge in [-0.05, 0) is 30.2 Å². The van der Waals surface area contributed by atoms with E-state index in [0.29, 0.717) is 12.1 Å². The van der Waals surface area contributed by atoms with E-state index in [1.807, 2.05) is 0 Å². The summed E-state index contributed by atoms with van der Waals surface area (Å²) in [5.41, 5.74) is 6.99. The molecule has 4 heteroatoms. The number of carbonyl (C=O) groups excluding carboxylic acids is 1. The predicted molar refractivity (Wildman–Crippen MR) is 52.9 cm³/mol. The van der Waals surface area contributed by atoms with Crippen LogP contribution in [0.5, 0.6) is 5.75 Å². The molecule has 0 amide bonds. The molecule has 0 unspecified atom stereocenters. The molecule has 1 aromatic carbocycles. The fourth-order valence-corrected chi connectivity index (χ4v) is 1.15.